The first-order valence-electron chi connectivity index (χ1n) is 7.48. The minimum atomic E-state index is -0.534. The minimum absolute atomic E-state index is 0.00181. The number of likely N-dealkylation sites (N-methyl/N-ethyl adjacent to an activating group) is 1. The SMILES string of the molecule is COc1cc(C(=O)Nc2ccc(OCC(=O)N(C)C)cc2)ccc1F. The predicted octanol–water partition coefficient (Wildman–Crippen LogP) is 2.55. The molecule has 0 radical (unpaired) electrons. The summed E-state index contributed by atoms with van der Waals surface area (Å²) in [4.78, 5) is 25.1. The maximum Gasteiger partial charge on any atom is 0.259 e. The monoisotopic (exact) mass is 346 g/mol. The van der Waals surface area contributed by atoms with Crippen molar-refractivity contribution in [2.24, 2.45) is 0 Å². The van der Waals surface area contributed by atoms with Crippen LogP contribution in [0.25, 0.3) is 0 Å². The normalized spacial score (nSPS) is 10.1. The molecule has 0 aliphatic rings. The summed E-state index contributed by atoms with van der Waals surface area (Å²) < 4.78 is 23.6. The number of carbonyl (C=O) groups excluding carboxylic acids is 2. The van der Waals surface area contributed by atoms with E-state index in [-0.39, 0.29) is 23.8 Å². The summed E-state index contributed by atoms with van der Waals surface area (Å²) in [6, 6.07) is 10.5. The molecule has 0 saturated carbocycles. The van der Waals surface area contributed by atoms with Crippen LogP contribution in [0.4, 0.5) is 10.1 Å². The molecule has 6 nitrogen and oxygen atoms in total. The number of hydrogen-bond donors (Lipinski definition) is 1. The van der Waals surface area contributed by atoms with Gasteiger partial charge in [-0.1, -0.05) is 0 Å². The zero-order chi connectivity index (χ0) is 18.4. The molecular weight excluding hydrogens is 327 g/mol. The van der Waals surface area contributed by atoms with Crippen LogP contribution in [0.2, 0.25) is 0 Å². The second kappa shape index (κ2) is 8.14. The molecule has 0 bridgehead atoms. The van der Waals surface area contributed by atoms with E-state index >= 15 is 0 Å². The van der Waals surface area contributed by atoms with Crippen LogP contribution < -0.4 is 14.8 Å². The number of carbonyl (C=O) groups is 2. The first-order valence-corrected chi connectivity index (χ1v) is 7.48. The lowest BCUT2D eigenvalue weighted by atomic mass is 10.2. The number of nitrogens with one attached hydrogen (secondary N) is 1. The number of anilines is 1. The third-order valence-corrected chi connectivity index (χ3v) is 3.39. The van der Waals surface area contributed by atoms with E-state index in [1.807, 2.05) is 0 Å². The van der Waals surface area contributed by atoms with Crippen LogP contribution in [0.5, 0.6) is 11.5 Å². The number of nitrogens with zero attached hydrogens (tertiary/aromatic N) is 1. The molecule has 0 aromatic heterocycles. The molecule has 2 amide bonds. The third kappa shape index (κ3) is 4.94. The number of hydrogen-bond acceptors (Lipinski definition) is 4. The van der Waals surface area contributed by atoms with Gasteiger partial charge in [0.15, 0.2) is 18.2 Å². The van der Waals surface area contributed by atoms with Crippen LogP contribution in [-0.4, -0.2) is 44.5 Å². The van der Waals surface area contributed by atoms with Gasteiger partial charge in [0.1, 0.15) is 5.75 Å². The van der Waals surface area contributed by atoms with Gasteiger partial charge in [0.05, 0.1) is 7.11 Å². The molecule has 0 atom stereocenters. The van der Waals surface area contributed by atoms with Gasteiger partial charge in [-0.15, -0.1) is 0 Å². The van der Waals surface area contributed by atoms with Gasteiger partial charge in [-0.2, -0.15) is 0 Å². The summed E-state index contributed by atoms with van der Waals surface area (Å²) in [7, 11) is 4.63. The lowest BCUT2D eigenvalue weighted by molar-refractivity contribution is -0.130. The smallest absolute Gasteiger partial charge is 0.259 e. The summed E-state index contributed by atoms with van der Waals surface area (Å²) in [5, 5.41) is 2.69. The predicted molar refractivity (Wildman–Crippen MR) is 91.5 cm³/mol. The van der Waals surface area contributed by atoms with Crippen molar-refractivity contribution >= 4 is 17.5 Å². The second-order valence-corrected chi connectivity index (χ2v) is 5.40. The van der Waals surface area contributed by atoms with Crippen molar-refractivity contribution in [2.75, 3.05) is 33.1 Å². The van der Waals surface area contributed by atoms with E-state index < -0.39 is 11.7 Å². The Kier molecular flexibility index (Phi) is 5.94. The molecule has 0 saturated heterocycles. The summed E-state index contributed by atoms with van der Waals surface area (Å²) in [6.45, 7) is -0.0614. The molecule has 0 aliphatic heterocycles. The Bertz CT molecular complexity index is 760. The van der Waals surface area contributed by atoms with Gasteiger partial charge in [-0.05, 0) is 42.5 Å². The van der Waals surface area contributed by atoms with E-state index in [1.165, 1.54) is 30.2 Å². The van der Waals surface area contributed by atoms with Crippen molar-refractivity contribution in [3.05, 3.63) is 53.8 Å². The first-order chi connectivity index (χ1) is 11.9. The lowest BCUT2D eigenvalue weighted by Gasteiger charge is -2.12. The molecule has 7 heteroatoms. The minimum Gasteiger partial charge on any atom is -0.494 e. The highest BCUT2D eigenvalue weighted by Crippen LogP contribution is 2.20. The van der Waals surface area contributed by atoms with Gasteiger partial charge >= 0.3 is 0 Å². The summed E-state index contributed by atoms with van der Waals surface area (Å²) >= 11 is 0. The summed E-state index contributed by atoms with van der Waals surface area (Å²) in [6.07, 6.45) is 0. The number of rotatable bonds is 6. The molecule has 132 valence electrons. The van der Waals surface area contributed by atoms with E-state index in [4.69, 9.17) is 9.47 Å². The fourth-order valence-electron chi connectivity index (χ4n) is 1.91. The van der Waals surface area contributed by atoms with Crippen molar-refractivity contribution in [1.82, 2.24) is 4.90 Å². The number of amides is 2. The van der Waals surface area contributed by atoms with Crippen LogP contribution in [-0.2, 0) is 4.79 Å². The van der Waals surface area contributed by atoms with Gasteiger partial charge < -0.3 is 19.7 Å². The van der Waals surface area contributed by atoms with Crippen molar-refractivity contribution in [1.29, 1.82) is 0 Å². The lowest BCUT2D eigenvalue weighted by Crippen LogP contribution is -2.27. The average molecular weight is 346 g/mol. The molecule has 0 spiro atoms. The van der Waals surface area contributed by atoms with Gasteiger partial charge in [-0.3, -0.25) is 9.59 Å². The fourth-order valence-corrected chi connectivity index (χ4v) is 1.91. The van der Waals surface area contributed by atoms with E-state index in [0.29, 0.717) is 11.4 Å². The maximum atomic E-state index is 13.4. The largest absolute Gasteiger partial charge is 0.494 e. The quantitative estimate of drug-likeness (QED) is 0.873. The van der Waals surface area contributed by atoms with Gasteiger partial charge in [0, 0.05) is 25.3 Å². The Hall–Kier alpha value is -3.09. The molecule has 0 aliphatic carbocycles. The van der Waals surface area contributed by atoms with Crippen LogP contribution in [0, 0.1) is 5.82 Å². The van der Waals surface area contributed by atoms with Gasteiger partial charge in [-0.25, -0.2) is 4.39 Å². The standard InChI is InChI=1S/C18H19FN2O4/c1-21(2)17(22)11-25-14-7-5-13(6-8-14)20-18(23)12-4-9-15(19)16(10-12)24-3/h4-10H,11H2,1-3H3,(H,20,23). The molecule has 0 heterocycles. The van der Waals surface area contributed by atoms with E-state index in [0.717, 1.165) is 0 Å². The van der Waals surface area contributed by atoms with Crippen LogP contribution in [0.3, 0.4) is 0 Å². The average Bonchev–Trinajstić information content (AvgIpc) is 2.61. The van der Waals surface area contributed by atoms with Crippen LogP contribution in [0.15, 0.2) is 42.5 Å². The third-order valence-electron chi connectivity index (χ3n) is 3.39. The number of benzene rings is 2. The second-order valence-electron chi connectivity index (χ2n) is 5.40. The van der Waals surface area contributed by atoms with Crippen LogP contribution in [0.1, 0.15) is 10.4 Å². The molecule has 0 unspecified atom stereocenters. The maximum absolute atomic E-state index is 13.4. The van der Waals surface area contributed by atoms with E-state index in [2.05, 4.69) is 5.32 Å². The molecule has 25 heavy (non-hydrogen) atoms. The summed E-state index contributed by atoms with van der Waals surface area (Å²) in [5.41, 5.74) is 0.815. The van der Waals surface area contributed by atoms with E-state index in [9.17, 15) is 14.0 Å². The topological polar surface area (TPSA) is 67.9 Å². The Balaban J connectivity index is 1.98. The van der Waals surface area contributed by atoms with Crippen LogP contribution >= 0.6 is 0 Å². The van der Waals surface area contributed by atoms with Crippen molar-refractivity contribution in [3.63, 3.8) is 0 Å². The highest BCUT2D eigenvalue weighted by Gasteiger charge is 2.11. The van der Waals surface area contributed by atoms with E-state index in [1.54, 1.807) is 38.4 Å². The Morgan fingerprint density at radius 2 is 1.80 bits per heavy atom. The number of halogens is 1. The van der Waals surface area contributed by atoms with Crippen molar-refractivity contribution < 1.29 is 23.5 Å². The number of ether oxygens (including phenoxy) is 2. The Labute approximate surface area is 145 Å². The summed E-state index contributed by atoms with van der Waals surface area (Å²) in [5.74, 6) is -0.566. The van der Waals surface area contributed by atoms with Crippen molar-refractivity contribution in [3.8, 4) is 11.5 Å². The molecule has 0 fully saturated rings. The molecule has 2 aromatic rings. The molecule has 2 rings (SSSR count). The Morgan fingerprint density at radius 1 is 1.12 bits per heavy atom. The molecule has 2 aromatic carbocycles. The highest BCUT2D eigenvalue weighted by molar-refractivity contribution is 6.04. The fraction of sp³-hybridized carbons (Fsp3) is 0.222. The molecular formula is C18H19FN2O4. The zero-order valence-corrected chi connectivity index (χ0v) is 14.2. The zero-order valence-electron chi connectivity index (χ0n) is 14.2. The Morgan fingerprint density at radius 3 is 2.40 bits per heavy atom. The first kappa shape index (κ1) is 18.3. The van der Waals surface area contributed by atoms with Crippen molar-refractivity contribution in [2.45, 2.75) is 0 Å². The van der Waals surface area contributed by atoms with Gasteiger partial charge in [0.2, 0.25) is 0 Å². The highest BCUT2D eigenvalue weighted by atomic mass is 19.1. The molecule has 1 N–H and O–H groups in total. The number of methoxy groups -OCH3 is 1. The van der Waals surface area contributed by atoms with Gasteiger partial charge in [0.25, 0.3) is 11.8 Å².